The standard InChI is InChI=1S/C15H17N3OS/c1-9(2)14(13-4-3-7-20-13)18-15-17-11-6-5-10(16)8-12(11)19-15/h3-9,14H,16H2,1-2H3,(H,17,18). The highest BCUT2D eigenvalue weighted by molar-refractivity contribution is 7.10. The summed E-state index contributed by atoms with van der Waals surface area (Å²) < 4.78 is 5.73. The molecule has 20 heavy (non-hydrogen) atoms. The van der Waals surface area contributed by atoms with Gasteiger partial charge in [-0.2, -0.15) is 4.98 Å². The summed E-state index contributed by atoms with van der Waals surface area (Å²) in [5.41, 5.74) is 7.96. The highest BCUT2D eigenvalue weighted by Gasteiger charge is 2.19. The van der Waals surface area contributed by atoms with Gasteiger partial charge >= 0.3 is 0 Å². The predicted molar refractivity (Wildman–Crippen MR) is 83.9 cm³/mol. The van der Waals surface area contributed by atoms with Crippen molar-refractivity contribution in [3.05, 3.63) is 40.6 Å². The normalized spacial score (nSPS) is 12.9. The van der Waals surface area contributed by atoms with Crippen LogP contribution in [0, 0.1) is 5.92 Å². The van der Waals surface area contributed by atoms with E-state index in [-0.39, 0.29) is 6.04 Å². The summed E-state index contributed by atoms with van der Waals surface area (Å²) in [4.78, 5) is 5.74. The van der Waals surface area contributed by atoms with Crippen LogP contribution < -0.4 is 11.1 Å². The SMILES string of the molecule is CC(C)C(Nc1nc2ccc(N)cc2o1)c1cccs1. The Bertz CT molecular complexity index is 703. The Hall–Kier alpha value is -2.01. The maximum absolute atomic E-state index is 5.75. The van der Waals surface area contributed by atoms with E-state index in [9.17, 15) is 0 Å². The maximum Gasteiger partial charge on any atom is 0.296 e. The van der Waals surface area contributed by atoms with Crippen molar-refractivity contribution in [1.29, 1.82) is 0 Å². The Balaban J connectivity index is 1.90. The molecule has 0 aliphatic carbocycles. The van der Waals surface area contributed by atoms with Crippen molar-refractivity contribution in [1.82, 2.24) is 4.98 Å². The molecule has 1 unspecified atom stereocenters. The minimum absolute atomic E-state index is 0.195. The fraction of sp³-hybridized carbons (Fsp3) is 0.267. The van der Waals surface area contributed by atoms with Crippen molar-refractivity contribution in [2.75, 3.05) is 11.1 Å². The number of nitrogens with two attached hydrogens (primary N) is 1. The van der Waals surface area contributed by atoms with Gasteiger partial charge in [0.2, 0.25) is 0 Å². The summed E-state index contributed by atoms with van der Waals surface area (Å²) >= 11 is 1.74. The first-order valence-corrected chi connectivity index (χ1v) is 7.47. The molecule has 1 aromatic carbocycles. The summed E-state index contributed by atoms with van der Waals surface area (Å²) in [6.07, 6.45) is 0. The van der Waals surface area contributed by atoms with Gasteiger partial charge in [-0.3, -0.25) is 0 Å². The smallest absolute Gasteiger partial charge is 0.296 e. The number of hydrogen-bond acceptors (Lipinski definition) is 5. The third kappa shape index (κ3) is 2.49. The maximum atomic E-state index is 5.75. The minimum atomic E-state index is 0.195. The molecule has 3 rings (SSSR count). The molecule has 1 atom stereocenters. The summed E-state index contributed by atoms with van der Waals surface area (Å²) in [6.45, 7) is 4.36. The quantitative estimate of drug-likeness (QED) is 0.703. The number of rotatable bonds is 4. The second kappa shape index (κ2) is 5.17. The monoisotopic (exact) mass is 287 g/mol. The van der Waals surface area contributed by atoms with Crippen molar-refractivity contribution in [3.8, 4) is 0 Å². The number of benzene rings is 1. The highest BCUT2D eigenvalue weighted by Crippen LogP contribution is 2.31. The van der Waals surface area contributed by atoms with Crippen LogP contribution in [-0.4, -0.2) is 4.98 Å². The van der Waals surface area contributed by atoms with E-state index in [0.29, 0.717) is 23.2 Å². The van der Waals surface area contributed by atoms with Crippen LogP contribution in [0.4, 0.5) is 11.7 Å². The fourth-order valence-electron chi connectivity index (χ4n) is 2.17. The number of hydrogen-bond donors (Lipinski definition) is 2. The molecule has 2 heterocycles. The first-order chi connectivity index (χ1) is 9.63. The lowest BCUT2D eigenvalue weighted by Crippen LogP contribution is -2.15. The van der Waals surface area contributed by atoms with Crippen molar-refractivity contribution in [2.24, 2.45) is 5.92 Å². The zero-order chi connectivity index (χ0) is 14.1. The van der Waals surface area contributed by atoms with E-state index < -0.39 is 0 Å². The Morgan fingerprint density at radius 2 is 2.15 bits per heavy atom. The van der Waals surface area contributed by atoms with Gasteiger partial charge in [-0.15, -0.1) is 11.3 Å². The van der Waals surface area contributed by atoms with Crippen LogP contribution in [0.2, 0.25) is 0 Å². The molecular formula is C15H17N3OS. The van der Waals surface area contributed by atoms with Gasteiger partial charge in [-0.1, -0.05) is 19.9 Å². The molecule has 0 bridgehead atoms. The number of fused-ring (bicyclic) bond motifs is 1. The van der Waals surface area contributed by atoms with Gasteiger partial charge in [0.05, 0.1) is 6.04 Å². The molecule has 0 radical (unpaired) electrons. The lowest BCUT2D eigenvalue weighted by Gasteiger charge is -2.19. The Labute approximate surface area is 121 Å². The number of nitrogens with zero attached hydrogens (tertiary/aromatic N) is 1. The topological polar surface area (TPSA) is 64.1 Å². The van der Waals surface area contributed by atoms with Crippen LogP contribution >= 0.6 is 11.3 Å². The van der Waals surface area contributed by atoms with E-state index in [1.807, 2.05) is 12.1 Å². The van der Waals surface area contributed by atoms with Crippen LogP contribution in [-0.2, 0) is 0 Å². The molecule has 5 heteroatoms. The van der Waals surface area contributed by atoms with Gasteiger partial charge in [0.15, 0.2) is 5.58 Å². The summed E-state index contributed by atoms with van der Waals surface area (Å²) in [5, 5.41) is 5.46. The van der Waals surface area contributed by atoms with E-state index in [2.05, 4.69) is 41.7 Å². The molecule has 104 valence electrons. The van der Waals surface area contributed by atoms with Gasteiger partial charge in [0.1, 0.15) is 5.52 Å². The highest BCUT2D eigenvalue weighted by atomic mass is 32.1. The first kappa shape index (κ1) is 13.0. The molecular weight excluding hydrogens is 270 g/mol. The second-order valence-electron chi connectivity index (χ2n) is 5.13. The number of anilines is 2. The Morgan fingerprint density at radius 1 is 1.30 bits per heavy atom. The van der Waals surface area contributed by atoms with E-state index in [0.717, 1.165) is 5.52 Å². The van der Waals surface area contributed by atoms with Crippen molar-refractivity contribution in [3.63, 3.8) is 0 Å². The third-order valence-electron chi connectivity index (χ3n) is 3.21. The van der Waals surface area contributed by atoms with E-state index in [1.165, 1.54) is 4.88 Å². The molecule has 3 N–H and O–H groups in total. The molecule has 2 aromatic heterocycles. The number of oxazole rings is 1. The number of thiophene rings is 1. The molecule has 0 aliphatic heterocycles. The summed E-state index contributed by atoms with van der Waals surface area (Å²) in [5.74, 6) is 0.439. The zero-order valence-corrected chi connectivity index (χ0v) is 12.3. The van der Waals surface area contributed by atoms with Crippen LogP contribution in [0.25, 0.3) is 11.1 Å². The minimum Gasteiger partial charge on any atom is -0.423 e. The second-order valence-corrected chi connectivity index (χ2v) is 6.11. The van der Waals surface area contributed by atoms with Crippen LogP contribution in [0.15, 0.2) is 40.1 Å². The molecule has 3 aromatic rings. The van der Waals surface area contributed by atoms with Crippen LogP contribution in [0.1, 0.15) is 24.8 Å². The average molecular weight is 287 g/mol. The van der Waals surface area contributed by atoms with E-state index in [4.69, 9.17) is 10.2 Å². The first-order valence-electron chi connectivity index (χ1n) is 6.59. The molecule has 0 aliphatic rings. The molecule has 4 nitrogen and oxygen atoms in total. The van der Waals surface area contributed by atoms with E-state index >= 15 is 0 Å². The lowest BCUT2D eigenvalue weighted by molar-refractivity contribution is 0.522. The predicted octanol–water partition coefficient (Wildman–Crippen LogP) is 4.28. The molecule has 0 spiro atoms. The number of aromatic nitrogens is 1. The van der Waals surface area contributed by atoms with Gasteiger partial charge < -0.3 is 15.5 Å². The molecule has 0 saturated carbocycles. The summed E-state index contributed by atoms with van der Waals surface area (Å²) in [7, 11) is 0. The van der Waals surface area contributed by atoms with E-state index in [1.54, 1.807) is 17.4 Å². The largest absolute Gasteiger partial charge is 0.423 e. The van der Waals surface area contributed by atoms with Crippen molar-refractivity contribution >= 4 is 34.1 Å². The number of nitrogens with one attached hydrogen (secondary N) is 1. The zero-order valence-electron chi connectivity index (χ0n) is 11.5. The third-order valence-corrected chi connectivity index (χ3v) is 4.16. The van der Waals surface area contributed by atoms with Crippen LogP contribution in [0.5, 0.6) is 0 Å². The van der Waals surface area contributed by atoms with Gasteiger partial charge in [0.25, 0.3) is 6.01 Å². The van der Waals surface area contributed by atoms with Crippen LogP contribution in [0.3, 0.4) is 0 Å². The van der Waals surface area contributed by atoms with Gasteiger partial charge in [-0.05, 0) is 29.5 Å². The van der Waals surface area contributed by atoms with Crippen molar-refractivity contribution < 1.29 is 4.42 Å². The summed E-state index contributed by atoms with van der Waals surface area (Å²) in [6, 6.07) is 10.4. The molecule has 0 saturated heterocycles. The Morgan fingerprint density at radius 3 is 2.85 bits per heavy atom. The molecule has 0 amide bonds. The molecule has 0 fully saturated rings. The number of nitrogen functional groups attached to an aromatic ring is 1. The van der Waals surface area contributed by atoms with Gasteiger partial charge in [-0.25, -0.2) is 0 Å². The average Bonchev–Trinajstić information content (AvgIpc) is 3.03. The Kier molecular flexibility index (Phi) is 3.36. The lowest BCUT2D eigenvalue weighted by atomic mass is 10.0. The fourth-order valence-corrected chi connectivity index (χ4v) is 3.12. The van der Waals surface area contributed by atoms with Crippen molar-refractivity contribution in [2.45, 2.75) is 19.9 Å². The van der Waals surface area contributed by atoms with Gasteiger partial charge in [0, 0.05) is 16.6 Å².